The highest BCUT2D eigenvalue weighted by Crippen LogP contribution is 2.32. The molecule has 4 nitrogen and oxygen atoms in total. The lowest BCUT2D eigenvalue weighted by atomic mass is 10.2. The van der Waals surface area contributed by atoms with Crippen LogP contribution in [0.2, 0.25) is 0 Å². The second kappa shape index (κ2) is 4.40. The third-order valence-electron chi connectivity index (χ3n) is 2.61. The number of aliphatic carboxylic acids is 1. The monoisotopic (exact) mass is 206 g/mol. The second-order valence-electron chi connectivity index (χ2n) is 3.90. The minimum Gasteiger partial charge on any atom is -0.480 e. The second-order valence-corrected chi connectivity index (χ2v) is 3.90. The maximum Gasteiger partial charge on any atom is 0.320 e. The summed E-state index contributed by atoms with van der Waals surface area (Å²) < 4.78 is 0. The minimum atomic E-state index is -0.749. The molecule has 1 fully saturated rings. The molecule has 0 aromatic carbocycles. The molecule has 1 aromatic heterocycles. The third-order valence-corrected chi connectivity index (χ3v) is 2.61. The number of nitrogens with one attached hydrogen (secondary N) is 1. The number of carboxylic acid groups (broad SMARTS) is 1. The molecule has 0 aliphatic heterocycles. The fraction of sp³-hybridized carbons (Fsp3) is 0.455. The van der Waals surface area contributed by atoms with E-state index in [1.54, 1.807) is 12.4 Å². The Balaban J connectivity index is 1.88. The van der Waals surface area contributed by atoms with Crippen LogP contribution in [0.1, 0.15) is 18.4 Å². The zero-order chi connectivity index (χ0) is 10.7. The van der Waals surface area contributed by atoms with Gasteiger partial charge in [-0.2, -0.15) is 0 Å². The van der Waals surface area contributed by atoms with Crippen LogP contribution in [-0.4, -0.2) is 22.1 Å². The molecular weight excluding hydrogens is 192 g/mol. The average Bonchev–Trinajstić information content (AvgIpc) is 3.03. The summed E-state index contributed by atoms with van der Waals surface area (Å²) in [5.41, 5.74) is 1.02. The Kier molecular flexibility index (Phi) is 2.97. The highest BCUT2D eigenvalue weighted by Gasteiger charge is 2.35. The third kappa shape index (κ3) is 2.76. The van der Waals surface area contributed by atoms with E-state index in [1.165, 1.54) is 0 Å². The molecule has 1 saturated carbocycles. The molecule has 0 spiro atoms. The average molecular weight is 206 g/mol. The summed E-state index contributed by atoms with van der Waals surface area (Å²) in [6.45, 7) is 0.571. The normalized spacial score (nSPS) is 17.3. The first-order valence-electron chi connectivity index (χ1n) is 5.12. The van der Waals surface area contributed by atoms with Crippen LogP contribution < -0.4 is 5.32 Å². The van der Waals surface area contributed by atoms with E-state index in [4.69, 9.17) is 5.11 Å². The number of hydrogen-bond acceptors (Lipinski definition) is 3. The molecule has 2 N–H and O–H groups in total. The van der Waals surface area contributed by atoms with Gasteiger partial charge in [-0.15, -0.1) is 0 Å². The Hall–Kier alpha value is -1.42. The van der Waals surface area contributed by atoms with Crippen molar-refractivity contribution in [1.82, 2.24) is 10.3 Å². The van der Waals surface area contributed by atoms with Crippen molar-refractivity contribution in [2.24, 2.45) is 5.92 Å². The van der Waals surface area contributed by atoms with Gasteiger partial charge in [0, 0.05) is 18.9 Å². The molecule has 1 aromatic rings. The Bertz CT molecular complexity index is 336. The first-order valence-corrected chi connectivity index (χ1v) is 5.12. The number of carboxylic acids is 1. The van der Waals surface area contributed by atoms with E-state index < -0.39 is 12.0 Å². The molecule has 15 heavy (non-hydrogen) atoms. The van der Waals surface area contributed by atoms with Crippen LogP contribution in [0.15, 0.2) is 24.5 Å². The fourth-order valence-corrected chi connectivity index (χ4v) is 1.62. The predicted octanol–water partition coefficient (Wildman–Crippen LogP) is 1.03. The topological polar surface area (TPSA) is 62.2 Å². The van der Waals surface area contributed by atoms with Crippen LogP contribution in [0.3, 0.4) is 0 Å². The van der Waals surface area contributed by atoms with E-state index >= 15 is 0 Å². The lowest BCUT2D eigenvalue weighted by molar-refractivity contribution is -0.140. The van der Waals surface area contributed by atoms with Crippen molar-refractivity contribution in [3.05, 3.63) is 30.1 Å². The van der Waals surface area contributed by atoms with Gasteiger partial charge in [0.2, 0.25) is 0 Å². The fourth-order valence-electron chi connectivity index (χ4n) is 1.62. The van der Waals surface area contributed by atoms with E-state index in [0.29, 0.717) is 12.5 Å². The van der Waals surface area contributed by atoms with Gasteiger partial charge in [-0.3, -0.25) is 9.78 Å². The molecule has 0 bridgehead atoms. The van der Waals surface area contributed by atoms with Gasteiger partial charge in [0.1, 0.15) is 6.04 Å². The van der Waals surface area contributed by atoms with Gasteiger partial charge in [0.15, 0.2) is 0 Å². The molecule has 0 amide bonds. The van der Waals surface area contributed by atoms with Gasteiger partial charge in [-0.1, -0.05) is 6.07 Å². The summed E-state index contributed by atoms with van der Waals surface area (Å²) in [6, 6.07) is 3.39. The Labute approximate surface area is 88.3 Å². The van der Waals surface area contributed by atoms with Gasteiger partial charge >= 0.3 is 5.97 Å². The summed E-state index contributed by atoms with van der Waals surface area (Å²) in [5, 5.41) is 12.0. The zero-order valence-electron chi connectivity index (χ0n) is 8.39. The van der Waals surface area contributed by atoms with E-state index in [0.717, 1.165) is 18.4 Å². The van der Waals surface area contributed by atoms with Gasteiger partial charge in [0.05, 0.1) is 0 Å². The van der Waals surface area contributed by atoms with Crippen molar-refractivity contribution >= 4 is 5.97 Å². The van der Waals surface area contributed by atoms with E-state index in [9.17, 15) is 4.79 Å². The highest BCUT2D eigenvalue weighted by molar-refractivity contribution is 5.74. The summed E-state index contributed by atoms with van der Waals surface area (Å²) in [4.78, 5) is 14.9. The van der Waals surface area contributed by atoms with Crippen LogP contribution in [0, 0.1) is 5.92 Å². The molecule has 1 heterocycles. The number of nitrogens with zero attached hydrogens (tertiary/aromatic N) is 1. The minimum absolute atomic E-state index is 0.319. The molecule has 1 unspecified atom stereocenters. The Morgan fingerprint density at radius 2 is 2.47 bits per heavy atom. The quantitative estimate of drug-likeness (QED) is 0.755. The van der Waals surface area contributed by atoms with Crippen LogP contribution >= 0.6 is 0 Å². The van der Waals surface area contributed by atoms with E-state index in [1.807, 2.05) is 12.1 Å². The number of pyridine rings is 1. The van der Waals surface area contributed by atoms with Crippen molar-refractivity contribution in [3.8, 4) is 0 Å². The molecule has 0 radical (unpaired) electrons. The Morgan fingerprint density at radius 3 is 3.00 bits per heavy atom. The van der Waals surface area contributed by atoms with Crippen molar-refractivity contribution < 1.29 is 9.90 Å². The van der Waals surface area contributed by atoms with Crippen molar-refractivity contribution in [1.29, 1.82) is 0 Å². The maximum absolute atomic E-state index is 10.9. The first-order chi connectivity index (χ1) is 7.27. The van der Waals surface area contributed by atoms with Crippen molar-refractivity contribution in [2.75, 3.05) is 0 Å². The van der Waals surface area contributed by atoms with Crippen LogP contribution in [0.25, 0.3) is 0 Å². The molecule has 1 atom stereocenters. The lowest BCUT2D eigenvalue weighted by Gasteiger charge is -2.12. The lowest BCUT2D eigenvalue weighted by Crippen LogP contribution is -2.38. The number of hydrogen-bond donors (Lipinski definition) is 2. The van der Waals surface area contributed by atoms with E-state index in [2.05, 4.69) is 10.3 Å². The first kappa shape index (κ1) is 10.1. The Morgan fingerprint density at radius 1 is 1.67 bits per heavy atom. The molecule has 0 saturated heterocycles. The van der Waals surface area contributed by atoms with Crippen LogP contribution in [0.5, 0.6) is 0 Å². The van der Waals surface area contributed by atoms with Crippen LogP contribution in [-0.2, 0) is 11.3 Å². The van der Waals surface area contributed by atoms with Gasteiger partial charge in [0.25, 0.3) is 0 Å². The van der Waals surface area contributed by atoms with Crippen molar-refractivity contribution in [2.45, 2.75) is 25.4 Å². The summed E-state index contributed by atoms with van der Waals surface area (Å²) >= 11 is 0. The molecule has 1 aliphatic carbocycles. The molecule has 4 heteroatoms. The highest BCUT2D eigenvalue weighted by atomic mass is 16.4. The van der Waals surface area contributed by atoms with Crippen molar-refractivity contribution in [3.63, 3.8) is 0 Å². The SMILES string of the molecule is O=C(O)C(NCc1cccnc1)C1CC1. The number of carbonyl (C=O) groups is 1. The van der Waals surface area contributed by atoms with E-state index in [-0.39, 0.29) is 0 Å². The molecule has 2 rings (SSSR count). The smallest absolute Gasteiger partial charge is 0.320 e. The van der Waals surface area contributed by atoms with Crippen LogP contribution in [0.4, 0.5) is 0 Å². The zero-order valence-corrected chi connectivity index (χ0v) is 8.39. The summed E-state index contributed by atoms with van der Waals surface area (Å²) in [5.74, 6) is -0.430. The summed E-state index contributed by atoms with van der Waals surface area (Å²) in [7, 11) is 0. The van der Waals surface area contributed by atoms with Gasteiger partial charge < -0.3 is 10.4 Å². The standard InChI is InChI=1S/C11H14N2O2/c14-11(15)10(9-3-4-9)13-7-8-2-1-5-12-6-8/h1-2,5-6,9-10,13H,3-4,7H2,(H,14,15). The summed E-state index contributed by atoms with van der Waals surface area (Å²) in [6.07, 6.45) is 5.51. The molecule has 80 valence electrons. The predicted molar refractivity (Wildman–Crippen MR) is 55.2 cm³/mol. The maximum atomic E-state index is 10.9. The molecule has 1 aliphatic rings. The van der Waals surface area contributed by atoms with Gasteiger partial charge in [-0.05, 0) is 30.4 Å². The largest absolute Gasteiger partial charge is 0.480 e. The molecular formula is C11H14N2O2. The number of rotatable bonds is 5. The van der Waals surface area contributed by atoms with Gasteiger partial charge in [-0.25, -0.2) is 0 Å². The number of aromatic nitrogens is 1.